The second-order valence-electron chi connectivity index (χ2n) is 5.42. The highest BCUT2D eigenvalue weighted by atomic mass is 35.5. The number of sulfonamides is 1. The lowest BCUT2D eigenvalue weighted by Gasteiger charge is -2.18. The molecule has 9 heteroatoms. The molecule has 0 aliphatic rings. The molecule has 7 nitrogen and oxygen atoms in total. The molecule has 2 aromatic carbocycles. The van der Waals surface area contributed by atoms with Gasteiger partial charge < -0.3 is 4.74 Å². The van der Waals surface area contributed by atoms with Crippen molar-refractivity contribution in [1.29, 1.82) is 0 Å². The third kappa shape index (κ3) is 4.09. The summed E-state index contributed by atoms with van der Waals surface area (Å²) < 4.78 is 31.7. The van der Waals surface area contributed by atoms with E-state index in [1.165, 1.54) is 27.1 Å². The molecule has 0 N–H and O–H groups in total. The first-order valence-electron chi connectivity index (χ1n) is 7.20. The van der Waals surface area contributed by atoms with Crippen molar-refractivity contribution in [2.75, 3.05) is 14.2 Å². The Morgan fingerprint density at radius 2 is 1.96 bits per heavy atom. The smallest absolute Gasteiger partial charge is 0.275 e. The average molecular weight is 385 g/mol. The molecule has 0 radical (unpaired) electrons. The highest BCUT2D eigenvalue weighted by molar-refractivity contribution is 7.89. The highest BCUT2D eigenvalue weighted by Gasteiger charge is 2.26. The Morgan fingerprint density at radius 3 is 2.56 bits per heavy atom. The number of nitro benzene ring substituents is 1. The molecular formula is C16H17ClN2O5S. The van der Waals surface area contributed by atoms with Crippen LogP contribution < -0.4 is 4.74 Å². The van der Waals surface area contributed by atoms with Gasteiger partial charge in [-0.05, 0) is 30.7 Å². The normalized spacial score (nSPS) is 11.6. The molecule has 0 aromatic heterocycles. The van der Waals surface area contributed by atoms with Crippen LogP contribution in [0.5, 0.6) is 5.75 Å². The van der Waals surface area contributed by atoms with Crippen molar-refractivity contribution in [2.24, 2.45) is 0 Å². The van der Waals surface area contributed by atoms with Gasteiger partial charge in [0.15, 0.2) is 0 Å². The monoisotopic (exact) mass is 384 g/mol. The third-order valence-electron chi connectivity index (χ3n) is 3.73. The minimum Gasteiger partial charge on any atom is -0.497 e. The third-order valence-corrected chi connectivity index (χ3v) is 5.91. The Labute approximate surface area is 151 Å². The molecule has 0 unspecified atom stereocenters. The Kier molecular flexibility index (Phi) is 5.66. The van der Waals surface area contributed by atoms with Gasteiger partial charge in [0.05, 0.1) is 22.0 Å². The maximum Gasteiger partial charge on any atom is 0.275 e. The number of hydrogen-bond acceptors (Lipinski definition) is 5. The van der Waals surface area contributed by atoms with Crippen LogP contribution in [0.2, 0.25) is 5.02 Å². The van der Waals surface area contributed by atoms with Gasteiger partial charge >= 0.3 is 0 Å². The molecular weight excluding hydrogens is 368 g/mol. The van der Waals surface area contributed by atoms with Crippen molar-refractivity contribution in [3.63, 3.8) is 0 Å². The van der Waals surface area contributed by atoms with Crippen LogP contribution in [0.15, 0.2) is 41.3 Å². The van der Waals surface area contributed by atoms with E-state index in [4.69, 9.17) is 16.3 Å². The number of rotatable bonds is 6. The first-order chi connectivity index (χ1) is 11.7. The van der Waals surface area contributed by atoms with E-state index >= 15 is 0 Å². The van der Waals surface area contributed by atoms with Crippen molar-refractivity contribution in [3.8, 4) is 5.75 Å². The second-order valence-corrected chi connectivity index (χ2v) is 7.87. The van der Waals surface area contributed by atoms with E-state index in [-0.39, 0.29) is 27.7 Å². The number of methoxy groups -OCH3 is 1. The lowest BCUT2D eigenvalue weighted by Crippen LogP contribution is -2.26. The maximum atomic E-state index is 12.7. The number of hydrogen-bond donors (Lipinski definition) is 0. The quantitative estimate of drug-likeness (QED) is 0.562. The molecule has 0 amide bonds. The minimum absolute atomic E-state index is 0.0301. The minimum atomic E-state index is -3.95. The first kappa shape index (κ1) is 19.2. The number of halogens is 1. The van der Waals surface area contributed by atoms with Gasteiger partial charge in [-0.3, -0.25) is 10.1 Å². The lowest BCUT2D eigenvalue weighted by molar-refractivity contribution is -0.385. The molecule has 0 spiro atoms. The maximum absolute atomic E-state index is 12.7. The molecule has 0 heterocycles. The summed E-state index contributed by atoms with van der Waals surface area (Å²) in [6.07, 6.45) is 0. The highest BCUT2D eigenvalue weighted by Crippen LogP contribution is 2.31. The fraction of sp³-hybridized carbons (Fsp3) is 0.250. The van der Waals surface area contributed by atoms with Gasteiger partial charge in [0, 0.05) is 25.2 Å². The molecule has 2 aromatic rings. The van der Waals surface area contributed by atoms with Crippen molar-refractivity contribution in [2.45, 2.75) is 18.4 Å². The molecule has 134 valence electrons. The molecule has 25 heavy (non-hydrogen) atoms. The SMILES string of the molecule is COc1cccc(CN(C)S(=O)(=O)c2cc(Cl)c(C)c([N+](=O)[O-])c2)c1. The molecule has 0 saturated heterocycles. The fourth-order valence-corrected chi connectivity index (χ4v) is 3.76. The number of nitrogens with zero attached hydrogens (tertiary/aromatic N) is 2. The zero-order chi connectivity index (χ0) is 18.8. The zero-order valence-corrected chi connectivity index (χ0v) is 15.5. The number of nitro groups is 1. The van der Waals surface area contributed by atoms with E-state index in [1.54, 1.807) is 24.3 Å². The van der Waals surface area contributed by atoms with Crippen LogP contribution in [0, 0.1) is 17.0 Å². The summed E-state index contributed by atoms with van der Waals surface area (Å²) in [5, 5.41) is 11.1. The zero-order valence-electron chi connectivity index (χ0n) is 13.9. The van der Waals surface area contributed by atoms with Crippen molar-refractivity contribution >= 4 is 27.3 Å². The Balaban J connectivity index is 2.39. The second kappa shape index (κ2) is 7.38. The van der Waals surface area contributed by atoms with Crippen LogP contribution in [-0.2, 0) is 16.6 Å². The van der Waals surface area contributed by atoms with Crippen molar-refractivity contribution in [3.05, 3.63) is 62.7 Å². The van der Waals surface area contributed by atoms with Crippen molar-refractivity contribution < 1.29 is 18.1 Å². The lowest BCUT2D eigenvalue weighted by atomic mass is 10.2. The van der Waals surface area contributed by atoms with Crippen LogP contribution in [0.3, 0.4) is 0 Å². The van der Waals surface area contributed by atoms with Gasteiger partial charge in [-0.1, -0.05) is 23.7 Å². The largest absolute Gasteiger partial charge is 0.497 e. The van der Waals surface area contributed by atoms with Gasteiger partial charge in [-0.15, -0.1) is 0 Å². The average Bonchev–Trinajstić information content (AvgIpc) is 2.56. The predicted molar refractivity (Wildman–Crippen MR) is 94.5 cm³/mol. The van der Waals surface area contributed by atoms with E-state index < -0.39 is 14.9 Å². The number of benzene rings is 2. The van der Waals surface area contributed by atoms with Crippen molar-refractivity contribution in [1.82, 2.24) is 4.31 Å². The van der Waals surface area contributed by atoms with Crippen LogP contribution in [0.1, 0.15) is 11.1 Å². The Bertz CT molecular complexity index is 915. The van der Waals surface area contributed by atoms with Crippen LogP contribution in [-0.4, -0.2) is 31.8 Å². The molecule has 0 atom stereocenters. The predicted octanol–water partition coefficient (Wildman–Crippen LogP) is 3.39. The Morgan fingerprint density at radius 1 is 1.28 bits per heavy atom. The number of ether oxygens (including phenoxy) is 1. The summed E-state index contributed by atoms with van der Waals surface area (Å²) in [5.74, 6) is 0.609. The molecule has 2 rings (SSSR count). The molecule has 0 aliphatic heterocycles. The van der Waals surface area contributed by atoms with Gasteiger partial charge in [0.1, 0.15) is 5.75 Å². The van der Waals surface area contributed by atoms with E-state index in [0.29, 0.717) is 5.75 Å². The fourth-order valence-electron chi connectivity index (χ4n) is 2.27. The molecule has 0 aliphatic carbocycles. The van der Waals surface area contributed by atoms with Gasteiger partial charge in [0.2, 0.25) is 10.0 Å². The van der Waals surface area contributed by atoms with Crippen LogP contribution >= 0.6 is 11.6 Å². The molecule has 0 bridgehead atoms. The summed E-state index contributed by atoms with van der Waals surface area (Å²) in [6.45, 7) is 1.55. The molecule has 0 fully saturated rings. The van der Waals surface area contributed by atoms with Crippen LogP contribution in [0.4, 0.5) is 5.69 Å². The van der Waals surface area contributed by atoms with E-state index in [1.807, 2.05) is 0 Å². The van der Waals surface area contributed by atoms with Gasteiger partial charge in [-0.25, -0.2) is 8.42 Å². The first-order valence-corrected chi connectivity index (χ1v) is 9.02. The van der Waals surface area contributed by atoms with Gasteiger partial charge in [0.25, 0.3) is 5.69 Å². The summed E-state index contributed by atoms with van der Waals surface area (Å²) >= 11 is 5.97. The van der Waals surface area contributed by atoms with Crippen LogP contribution in [0.25, 0.3) is 0 Å². The van der Waals surface area contributed by atoms with E-state index in [9.17, 15) is 18.5 Å². The van der Waals surface area contributed by atoms with E-state index in [2.05, 4.69) is 0 Å². The molecule has 0 saturated carbocycles. The van der Waals surface area contributed by atoms with E-state index in [0.717, 1.165) is 15.9 Å². The summed E-state index contributed by atoms with van der Waals surface area (Å²) in [4.78, 5) is 10.2. The standard InChI is InChI=1S/C16H17ClN2O5S/c1-11-15(17)8-14(9-16(11)19(20)21)25(22,23)18(2)10-12-5-4-6-13(7-12)24-3/h4-9H,10H2,1-3H3. The Hall–Kier alpha value is -2.16. The topological polar surface area (TPSA) is 89.8 Å². The summed E-state index contributed by atoms with van der Waals surface area (Å²) in [6, 6.07) is 9.24. The summed E-state index contributed by atoms with van der Waals surface area (Å²) in [5.41, 5.74) is 0.611. The van der Waals surface area contributed by atoms with Gasteiger partial charge in [-0.2, -0.15) is 4.31 Å². The summed E-state index contributed by atoms with van der Waals surface area (Å²) in [7, 11) is -1.03.